The quantitative estimate of drug-likeness (QED) is 0.663. The Hall–Kier alpha value is -2.11. The number of benzene rings is 1. The maximum absolute atomic E-state index is 12.4. The number of hydrogen-bond donors (Lipinski definition) is 2. The highest BCUT2D eigenvalue weighted by Crippen LogP contribution is 2.44. The predicted octanol–water partition coefficient (Wildman–Crippen LogP) is 5.30. The summed E-state index contributed by atoms with van der Waals surface area (Å²) in [6, 6.07) is 7.24. The van der Waals surface area contributed by atoms with Gasteiger partial charge in [0.1, 0.15) is 5.00 Å². The number of halogens is 1. The van der Waals surface area contributed by atoms with Crippen LogP contribution in [-0.4, -0.2) is 11.8 Å². The molecule has 1 unspecified atom stereocenters. The van der Waals surface area contributed by atoms with Gasteiger partial charge in [-0.05, 0) is 59.9 Å². The number of carbonyl (C=O) groups excluding carboxylic acids is 2. The zero-order valence-electron chi connectivity index (χ0n) is 16.3. The highest BCUT2D eigenvalue weighted by molar-refractivity contribution is 7.17. The molecule has 0 bridgehead atoms. The highest BCUT2D eigenvalue weighted by Gasteiger charge is 2.33. The van der Waals surface area contributed by atoms with E-state index in [1.54, 1.807) is 18.2 Å². The van der Waals surface area contributed by atoms with E-state index in [-0.39, 0.29) is 11.3 Å². The van der Waals surface area contributed by atoms with Crippen LogP contribution in [0.3, 0.4) is 0 Å². The maximum atomic E-state index is 12.4. The van der Waals surface area contributed by atoms with Crippen molar-refractivity contribution >= 4 is 45.8 Å². The summed E-state index contributed by atoms with van der Waals surface area (Å²) in [4.78, 5) is 25.6. The Labute approximate surface area is 174 Å². The molecule has 28 heavy (non-hydrogen) atoms. The van der Waals surface area contributed by atoms with E-state index in [9.17, 15) is 9.59 Å². The molecular formula is C22H25ClN2O2S. The molecule has 0 spiro atoms. The normalized spacial score (nSPS) is 16.8. The summed E-state index contributed by atoms with van der Waals surface area (Å²) >= 11 is 7.44. The van der Waals surface area contributed by atoms with Crippen molar-refractivity contribution in [2.45, 2.75) is 40.0 Å². The first-order valence-electron chi connectivity index (χ1n) is 9.34. The molecule has 1 aliphatic carbocycles. The van der Waals surface area contributed by atoms with E-state index in [1.807, 2.05) is 12.1 Å². The second-order valence-electron chi connectivity index (χ2n) is 8.26. The Balaban J connectivity index is 1.81. The largest absolute Gasteiger partial charge is 0.365 e. The fourth-order valence-corrected chi connectivity index (χ4v) is 5.14. The number of amides is 2. The number of fused-ring (bicyclic) bond motifs is 1. The first-order valence-corrected chi connectivity index (χ1v) is 10.5. The third-order valence-corrected chi connectivity index (χ3v) is 6.65. The lowest BCUT2D eigenvalue weighted by molar-refractivity contribution is -0.111. The van der Waals surface area contributed by atoms with Gasteiger partial charge in [-0.25, -0.2) is 0 Å². The average molecular weight is 417 g/mol. The zero-order chi connectivity index (χ0) is 20.5. The van der Waals surface area contributed by atoms with Crippen LogP contribution in [0.4, 0.5) is 5.00 Å². The molecular weight excluding hydrogens is 392 g/mol. The number of thiophene rings is 1. The molecule has 3 rings (SSSR count). The molecule has 148 valence electrons. The molecule has 0 radical (unpaired) electrons. The second kappa shape index (κ2) is 8.10. The fraction of sp³-hybridized carbons (Fsp3) is 0.364. The molecule has 1 aromatic carbocycles. The van der Waals surface area contributed by atoms with Crippen LogP contribution < -0.4 is 11.1 Å². The molecule has 0 fully saturated rings. The summed E-state index contributed by atoms with van der Waals surface area (Å²) < 4.78 is 0. The van der Waals surface area contributed by atoms with Crippen molar-refractivity contribution in [2.24, 2.45) is 17.1 Å². The van der Waals surface area contributed by atoms with Gasteiger partial charge in [0.25, 0.3) is 5.91 Å². The Morgan fingerprint density at radius 2 is 2.07 bits per heavy atom. The lowest BCUT2D eigenvalue weighted by atomic mass is 9.72. The van der Waals surface area contributed by atoms with E-state index in [0.717, 1.165) is 35.3 Å². The molecule has 2 amide bonds. The molecule has 4 nitrogen and oxygen atoms in total. The SMILES string of the molecule is CC(C)(C)C1CCc2c(sc(NC(=O)C=Cc3cccc(Cl)c3)c2C(N)=O)C1. The Bertz CT molecular complexity index is 940. The van der Waals surface area contributed by atoms with Gasteiger partial charge in [0.05, 0.1) is 5.56 Å². The van der Waals surface area contributed by atoms with Crippen LogP contribution in [0.15, 0.2) is 30.3 Å². The number of nitrogens with one attached hydrogen (secondary N) is 1. The topological polar surface area (TPSA) is 72.2 Å². The molecule has 1 aliphatic rings. The number of rotatable bonds is 4. The smallest absolute Gasteiger partial charge is 0.251 e. The van der Waals surface area contributed by atoms with Crippen LogP contribution in [0.1, 0.15) is 53.6 Å². The van der Waals surface area contributed by atoms with E-state index < -0.39 is 5.91 Å². The van der Waals surface area contributed by atoms with Gasteiger partial charge in [-0.1, -0.05) is 44.5 Å². The first-order chi connectivity index (χ1) is 13.1. The van der Waals surface area contributed by atoms with Crippen molar-refractivity contribution in [3.05, 3.63) is 56.9 Å². The molecule has 1 aromatic heterocycles. The minimum Gasteiger partial charge on any atom is -0.365 e. The van der Waals surface area contributed by atoms with Gasteiger partial charge in [-0.15, -0.1) is 11.3 Å². The van der Waals surface area contributed by atoms with E-state index in [0.29, 0.717) is 21.5 Å². The molecule has 2 aromatic rings. The first kappa shape index (κ1) is 20.6. The van der Waals surface area contributed by atoms with E-state index >= 15 is 0 Å². The lowest BCUT2D eigenvalue weighted by Gasteiger charge is -2.33. The van der Waals surface area contributed by atoms with Gasteiger partial charge in [-0.3, -0.25) is 9.59 Å². The van der Waals surface area contributed by atoms with Crippen LogP contribution in [0.5, 0.6) is 0 Å². The van der Waals surface area contributed by atoms with E-state index in [4.69, 9.17) is 17.3 Å². The molecule has 0 saturated heterocycles. The Morgan fingerprint density at radius 1 is 1.32 bits per heavy atom. The predicted molar refractivity (Wildman–Crippen MR) is 117 cm³/mol. The van der Waals surface area contributed by atoms with Crippen molar-refractivity contribution in [3.8, 4) is 0 Å². The number of anilines is 1. The molecule has 3 N–H and O–H groups in total. The zero-order valence-corrected chi connectivity index (χ0v) is 17.9. The van der Waals surface area contributed by atoms with Crippen LogP contribution in [0.25, 0.3) is 6.08 Å². The summed E-state index contributed by atoms with van der Waals surface area (Å²) in [6.45, 7) is 6.73. The summed E-state index contributed by atoms with van der Waals surface area (Å²) in [6.07, 6.45) is 5.88. The monoisotopic (exact) mass is 416 g/mol. The highest BCUT2D eigenvalue weighted by atomic mass is 35.5. The molecule has 0 saturated carbocycles. The minimum absolute atomic E-state index is 0.206. The Kier molecular flexibility index (Phi) is 5.96. The fourth-order valence-electron chi connectivity index (χ4n) is 3.61. The van der Waals surface area contributed by atoms with E-state index in [2.05, 4.69) is 26.1 Å². The summed E-state index contributed by atoms with van der Waals surface area (Å²) in [7, 11) is 0. The molecule has 1 atom stereocenters. The number of nitrogens with two attached hydrogens (primary N) is 1. The third kappa shape index (κ3) is 4.65. The van der Waals surface area contributed by atoms with Gasteiger partial charge in [0.2, 0.25) is 5.91 Å². The van der Waals surface area contributed by atoms with Crippen LogP contribution in [0, 0.1) is 11.3 Å². The van der Waals surface area contributed by atoms with Crippen molar-refractivity contribution < 1.29 is 9.59 Å². The van der Waals surface area contributed by atoms with Crippen LogP contribution in [0.2, 0.25) is 5.02 Å². The molecule has 1 heterocycles. The summed E-state index contributed by atoms with van der Waals surface area (Å²) in [5.41, 5.74) is 8.16. The van der Waals surface area contributed by atoms with Gasteiger partial charge in [0.15, 0.2) is 0 Å². The summed E-state index contributed by atoms with van der Waals surface area (Å²) in [5, 5.41) is 4.00. The van der Waals surface area contributed by atoms with Crippen LogP contribution >= 0.6 is 22.9 Å². The van der Waals surface area contributed by atoms with Gasteiger partial charge in [0, 0.05) is 16.0 Å². The standard InChI is InChI=1S/C22H25ClN2O2S/c1-22(2,3)14-8-9-16-17(12-14)28-21(19(16)20(24)27)25-18(26)10-7-13-5-4-6-15(23)11-13/h4-7,10-11,14H,8-9,12H2,1-3H3,(H2,24,27)(H,25,26). The van der Waals surface area contributed by atoms with Crippen molar-refractivity contribution in [3.63, 3.8) is 0 Å². The third-order valence-electron chi connectivity index (χ3n) is 5.25. The van der Waals surface area contributed by atoms with Crippen molar-refractivity contribution in [2.75, 3.05) is 5.32 Å². The van der Waals surface area contributed by atoms with Gasteiger partial charge < -0.3 is 11.1 Å². The second-order valence-corrected chi connectivity index (χ2v) is 9.80. The summed E-state index contributed by atoms with van der Waals surface area (Å²) in [5.74, 6) is -0.236. The average Bonchev–Trinajstić information content (AvgIpc) is 2.96. The maximum Gasteiger partial charge on any atom is 0.251 e. The number of hydrogen-bond acceptors (Lipinski definition) is 3. The number of primary amides is 1. The molecule has 0 aliphatic heterocycles. The van der Waals surface area contributed by atoms with Gasteiger partial charge >= 0.3 is 0 Å². The van der Waals surface area contributed by atoms with Crippen molar-refractivity contribution in [1.29, 1.82) is 0 Å². The molecule has 6 heteroatoms. The number of carbonyl (C=O) groups is 2. The van der Waals surface area contributed by atoms with Crippen molar-refractivity contribution in [1.82, 2.24) is 0 Å². The lowest BCUT2D eigenvalue weighted by Crippen LogP contribution is -2.27. The minimum atomic E-state index is -0.485. The van der Waals surface area contributed by atoms with Gasteiger partial charge in [-0.2, -0.15) is 0 Å². The van der Waals surface area contributed by atoms with E-state index in [1.165, 1.54) is 17.4 Å². The van der Waals surface area contributed by atoms with Crippen LogP contribution in [-0.2, 0) is 17.6 Å². The Morgan fingerprint density at radius 3 is 2.71 bits per heavy atom.